The Morgan fingerprint density at radius 3 is 2.13 bits per heavy atom. The van der Waals surface area contributed by atoms with E-state index in [-0.39, 0.29) is 0 Å². The molecule has 0 radical (unpaired) electrons. The van der Waals surface area contributed by atoms with E-state index in [1.54, 1.807) is 22.3 Å². The van der Waals surface area contributed by atoms with E-state index in [1.807, 2.05) is 0 Å². The molecule has 0 saturated heterocycles. The Labute approximate surface area is 93.7 Å². The molecule has 0 heteroatoms. The second-order valence-corrected chi connectivity index (χ2v) is 5.52. The largest absolute Gasteiger partial charge is 0.0625 e. The van der Waals surface area contributed by atoms with E-state index in [2.05, 4.69) is 39.8 Å². The lowest BCUT2D eigenvalue weighted by atomic mass is 9.77. The predicted octanol–water partition coefficient (Wildman–Crippen LogP) is 4.11. The summed E-state index contributed by atoms with van der Waals surface area (Å²) in [4.78, 5) is 0. The fraction of sp³-hybridized carbons (Fsp3) is 0.600. The van der Waals surface area contributed by atoms with Gasteiger partial charge >= 0.3 is 0 Å². The highest BCUT2D eigenvalue weighted by molar-refractivity contribution is 5.48. The van der Waals surface area contributed by atoms with Crippen molar-refractivity contribution in [2.45, 2.75) is 52.9 Å². The standard InChI is InChI=1S/C15H22/c1-10(2)9-12-5-6-13(11(3)4)15-8-7-14(12)15/h5-6,10-11H,7-9H2,1-4H3. The molecule has 82 valence electrons. The molecule has 1 aliphatic rings. The fourth-order valence-electron chi connectivity index (χ4n) is 2.61. The second kappa shape index (κ2) is 4.00. The molecule has 1 aromatic carbocycles. The molecular formula is C15H22. The Hall–Kier alpha value is -0.780. The van der Waals surface area contributed by atoms with E-state index in [1.165, 1.54) is 19.3 Å². The predicted molar refractivity (Wildman–Crippen MR) is 66.5 cm³/mol. The lowest BCUT2D eigenvalue weighted by Gasteiger charge is -2.28. The lowest BCUT2D eigenvalue weighted by molar-refractivity contribution is 0.631. The molecule has 0 nitrogen and oxygen atoms in total. The Balaban J connectivity index is 2.34. The number of fused-ring (bicyclic) bond motifs is 1. The van der Waals surface area contributed by atoms with Crippen molar-refractivity contribution in [3.05, 3.63) is 34.4 Å². The van der Waals surface area contributed by atoms with E-state index in [0.717, 1.165) is 5.92 Å². The Kier molecular flexibility index (Phi) is 2.86. The fourth-order valence-corrected chi connectivity index (χ4v) is 2.61. The molecule has 0 saturated carbocycles. The van der Waals surface area contributed by atoms with Crippen molar-refractivity contribution < 1.29 is 0 Å². The van der Waals surface area contributed by atoms with Crippen molar-refractivity contribution in [3.63, 3.8) is 0 Å². The van der Waals surface area contributed by atoms with Crippen LogP contribution in [0.5, 0.6) is 0 Å². The van der Waals surface area contributed by atoms with Crippen molar-refractivity contribution in [1.82, 2.24) is 0 Å². The Bertz CT molecular complexity index is 359. The van der Waals surface area contributed by atoms with Crippen molar-refractivity contribution in [1.29, 1.82) is 0 Å². The first-order valence-corrected chi connectivity index (χ1v) is 6.23. The summed E-state index contributed by atoms with van der Waals surface area (Å²) in [7, 11) is 0. The van der Waals surface area contributed by atoms with Crippen LogP contribution in [0.4, 0.5) is 0 Å². The average molecular weight is 202 g/mol. The van der Waals surface area contributed by atoms with Gasteiger partial charge in [0, 0.05) is 0 Å². The van der Waals surface area contributed by atoms with Crippen molar-refractivity contribution in [2.75, 3.05) is 0 Å². The van der Waals surface area contributed by atoms with Gasteiger partial charge in [0.1, 0.15) is 0 Å². The van der Waals surface area contributed by atoms with Crippen LogP contribution in [0.25, 0.3) is 0 Å². The number of benzene rings is 1. The van der Waals surface area contributed by atoms with Gasteiger partial charge in [0.15, 0.2) is 0 Å². The first-order chi connectivity index (χ1) is 7.09. The monoisotopic (exact) mass is 202 g/mol. The number of hydrogen-bond acceptors (Lipinski definition) is 0. The third-order valence-corrected chi connectivity index (χ3v) is 3.44. The quantitative estimate of drug-likeness (QED) is 0.692. The SMILES string of the molecule is CC(C)Cc1ccc(C(C)C)c2c1CC2. The molecule has 1 aromatic rings. The van der Waals surface area contributed by atoms with Gasteiger partial charge in [0.2, 0.25) is 0 Å². The van der Waals surface area contributed by atoms with E-state index >= 15 is 0 Å². The minimum atomic E-state index is 0.687. The van der Waals surface area contributed by atoms with Crippen LogP contribution in [0.2, 0.25) is 0 Å². The summed E-state index contributed by atoms with van der Waals surface area (Å²) in [5.74, 6) is 1.46. The molecule has 0 atom stereocenters. The molecule has 0 N–H and O–H groups in total. The number of rotatable bonds is 3. The summed E-state index contributed by atoms with van der Waals surface area (Å²) in [6.45, 7) is 9.22. The molecule has 1 aliphatic carbocycles. The van der Waals surface area contributed by atoms with Gasteiger partial charge in [-0.2, -0.15) is 0 Å². The van der Waals surface area contributed by atoms with Crippen LogP contribution in [0.1, 0.15) is 55.9 Å². The molecule has 0 bridgehead atoms. The van der Waals surface area contributed by atoms with Crippen molar-refractivity contribution >= 4 is 0 Å². The molecule has 0 aromatic heterocycles. The highest BCUT2D eigenvalue weighted by Gasteiger charge is 2.21. The van der Waals surface area contributed by atoms with Crippen LogP contribution in [-0.2, 0) is 19.3 Å². The van der Waals surface area contributed by atoms with E-state index in [4.69, 9.17) is 0 Å². The van der Waals surface area contributed by atoms with Gasteiger partial charge in [-0.3, -0.25) is 0 Å². The van der Waals surface area contributed by atoms with Gasteiger partial charge in [-0.05, 0) is 53.4 Å². The van der Waals surface area contributed by atoms with Crippen LogP contribution in [-0.4, -0.2) is 0 Å². The molecule has 15 heavy (non-hydrogen) atoms. The van der Waals surface area contributed by atoms with Gasteiger partial charge in [-0.1, -0.05) is 39.8 Å². The first-order valence-electron chi connectivity index (χ1n) is 6.23. The third-order valence-electron chi connectivity index (χ3n) is 3.44. The summed E-state index contributed by atoms with van der Waals surface area (Å²) in [6.07, 6.45) is 3.88. The summed E-state index contributed by atoms with van der Waals surface area (Å²) in [5.41, 5.74) is 6.54. The average Bonchev–Trinajstić information content (AvgIpc) is 2.06. The van der Waals surface area contributed by atoms with Gasteiger partial charge in [0.25, 0.3) is 0 Å². The van der Waals surface area contributed by atoms with Crippen molar-refractivity contribution in [2.24, 2.45) is 5.92 Å². The smallest absolute Gasteiger partial charge is 0.0216 e. The summed E-state index contributed by atoms with van der Waals surface area (Å²) < 4.78 is 0. The van der Waals surface area contributed by atoms with Crippen LogP contribution in [0, 0.1) is 5.92 Å². The molecule has 0 fully saturated rings. The molecule has 0 unspecified atom stereocenters. The van der Waals surface area contributed by atoms with E-state index in [9.17, 15) is 0 Å². The summed E-state index contributed by atoms with van der Waals surface area (Å²) in [6, 6.07) is 4.73. The van der Waals surface area contributed by atoms with E-state index in [0.29, 0.717) is 5.92 Å². The normalized spacial score (nSPS) is 14.3. The van der Waals surface area contributed by atoms with Crippen LogP contribution in [0.3, 0.4) is 0 Å². The number of hydrogen-bond donors (Lipinski definition) is 0. The lowest BCUT2D eigenvalue weighted by Crippen LogP contribution is -2.16. The van der Waals surface area contributed by atoms with Crippen molar-refractivity contribution in [3.8, 4) is 0 Å². The highest BCUT2D eigenvalue weighted by atomic mass is 14.3. The minimum absolute atomic E-state index is 0.687. The molecule has 2 rings (SSSR count). The molecular weight excluding hydrogens is 180 g/mol. The second-order valence-electron chi connectivity index (χ2n) is 5.52. The Morgan fingerprint density at radius 2 is 1.67 bits per heavy atom. The van der Waals surface area contributed by atoms with Crippen LogP contribution < -0.4 is 0 Å². The first kappa shape index (κ1) is 10.7. The zero-order chi connectivity index (χ0) is 11.0. The summed E-state index contributed by atoms with van der Waals surface area (Å²) in [5, 5.41) is 0. The minimum Gasteiger partial charge on any atom is -0.0625 e. The zero-order valence-corrected chi connectivity index (χ0v) is 10.4. The highest BCUT2D eigenvalue weighted by Crippen LogP contribution is 2.34. The van der Waals surface area contributed by atoms with Gasteiger partial charge in [-0.25, -0.2) is 0 Å². The maximum atomic E-state index is 2.37. The van der Waals surface area contributed by atoms with Crippen LogP contribution >= 0.6 is 0 Å². The van der Waals surface area contributed by atoms with Gasteiger partial charge in [0.05, 0.1) is 0 Å². The maximum Gasteiger partial charge on any atom is -0.0216 e. The topological polar surface area (TPSA) is 0 Å². The zero-order valence-electron chi connectivity index (χ0n) is 10.4. The van der Waals surface area contributed by atoms with E-state index < -0.39 is 0 Å². The molecule has 0 heterocycles. The molecule has 0 aliphatic heterocycles. The summed E-state index contributed by atoms with van der Waals surface area (Å²) >= 11 is 0. The molecule has 0 amide bonds. The van der Waals surface area contributed by atoms with Crippen LogP contribution in [0.15, 0.2) is 12.1 Å². The third kappa shape index (κ3) is 1.95. The molecule has 0 spiro atoms. The Morgan fingerprint density at radius 1 is 1.00 bits per heavy atom. The maximum absolute atomic E-state index is 2.37. The van der Waals surface area contributed by atoms with Gasteiger partial charge in [-0.15, -0.1) is 0 Å². The van der Waals surface area contributed by atoms with Gasteiger partial charge < -0.3 is 0 Å².